The Kier molecular flexibility index (Phi) is 4.55. The van der Waals surface area contributed by atoms with Crippen LogP contribution in [0.2, 0.25) is 0 Å². The highest BCUT2D eigenvalue weighted by molar-refractivity contribution is 6.00. The molecule has 1 aromatic rings. The minimum Gasteiger partial charge on any atom is -0.493 e. The van der Waals surface area contributed by atoms with Crippen LogP contribution in [0.1, 0.15) is 49.9 Å². The second kappa shape index (κ2) is 6.60. The summed E-state index contributed by atoms with van der Waals surface area (Å²) in [6, 6.07) is 5.60. The van der Waals surface area contributed by atoms with Crippen molar-refractivity contribution in [3.05, 3.63) is 23.8 Å². The highest BCUT2D eigenvalue weighted by Crippen LogP contribution is 2.30. The molecular weight excluding hydrogens is 292 g/mol. The minimum absolute atomic E-state index is 0.0186. The number of rotatable bonds is 2. The molecule has 2 aliphatic heterocycles. The Hall–Kier alpha value is -2.04. The molecule has 2 amide bonds. The molecule has 5 heteroatoms. The van der Waals surface area contributed by atoms with Gasteiger partial charge in [-0.1, -0.05) is 13.8 Å². The lowest BCUT2D eigenvalue weighted by molar-refractivity contribution is -0.118. The number of carbonyl (C=O) groups excluding carboxylic acids is 2. The first-order valence-electron chi connectivity index (χ1n) is 8.45. The zero-order valence-corrected chi connectivity index (χ0v) is 13.8. The van der Waals surface area contributed by atoms with Gasteiger partial charge in [0, 0.05) is 30.6 Å². The Labute approximate surface area is 137 Å². The van der Waals surface area contributed by atoms with Gasteiger partial charge in [-0.25, -0.2) is 0 Å². The summed E-state index contributed by atoms with van der Waals surface area (Å²) in [6.45, 7) is 5.12. The van der Waals surface area contributed by atoms with E-state index < -0.39 is 0 Å². The van der Waals surface area contributed by atoms with Crippen molar-refractivity contribution >= 4 is 17.5 Å². The first-order valence-corrected chi connectivity index (χ1v) is 8.45. The first-order chi connectivity index (χ1) is 11.1. The average molecular weight is 316 g/mol. The van der Waals surface area contributed by atoms with Crippen LogP contribution in [0, 0.1) is 5.92 Å². The summed E-state index contributed by atoms with van der Waals surface area (Å²) < 4.78 is 5.80. The number of hydrogen-bond donors (Lipinski definition) is 1. The quantitative estimate of drug-likeness (QED) is 0.912. The second-order valence-corrected chi connectivity index (χ2v) is 6.64. The van der Waals surface area contributed by atoms with Crippen LogP contribution in [0.4, 0.5) is 5.69 Å². The number of nitrogens with zero attached hydrogens (tertiary/aromatic N) is 1. The van der Waals surface area contributed by atoms with Crippen LogP contribution in [0.15, 0.2) is 18.2 Å². The number of hydrogen-bond acceptors (Lipinski definition) is 3. The zero-order valence-electron chi connectivity index (χ0n) is 13.8. The molecule has 2 heterocycles. The fraction of sp³-hybridized carbons (Fsp3) is 0.556. The highest BCUT2D eigenvalue weighted by atomic mass is 16.5. The van der Waals surface area contributed by atoms with Gasteiger partial charge in [-0.2, -0.15) is 0 Å². The van der Waals surface area contributed by atoms with Crippen molar-refractivity contribution in [2.45, 2.75) is 45.6 Å². The van der Waals surface area contributed by atoms with Crippen molar-refractivity contribution in [2.24, 2.45) is 5.92 Å². The van der Waals surface area contributed by atoms with Crippen LogP contribution in [0.3, 0.4) is 0 Å². The maximum Gasteiger partial charge on any atom is 0.257 e. The topological polar surface area (TPSA) is 58.6 Å². The highest BCUT2D eigenvalue weighted by Gasteiger charge is 2.31. The third-order valence-electron chi connectivity index (χ3n) is 4.60. The number of piperidine rings is 1. The molecule has 1 unspecified atom stereocenters. The third-order valence-corrected chi connectivity index (χ3v) is 4.60. The number of fused-ring (bicyclic) bond motifs is 2. The van der Waals surface area contributed by atoms with Gasteiger partial charge in [-0.05, 0) is 37.5 Å². The molecule has 0 radical (unpaired) electrons. The normalized spacial score (nSPS) is 20.9. The molecular formula is C18H24N2O3. The van der Waals surface area contributed by atoms with Gasteiger partial charge in [-0.3, -0.25) is 9.59 Å². The van der Waals surface area contributed by atoms with Gasteiger partial charge < -0.3 is 15.0 Å². The molecule has 5 nitrogen and oxygen atoms in total. The van der Waals surface area contributed by atoms with E-state index in [0.717, 1.165) is 25.8 Å². The SMILES string of the molecule is CC(C)C(=O)Nc1ccc2c(c1)C(=O)N1CCCCC1CCO2. The van der Waals surface area contributed by atoms with Crippen LogP contribution in [-0.4, -0.2) is 35.9 Å². The van der Waals surface area contributed by atoms with E-state index in [2.05, 4.69) is 5.32 Å². The maximum absolute atomic E-state index is 12.9. The molecule has 3 rings (SSSR count). The molecule has 0 aliphatic carbocycles. The summed E-state index contributed by atoms with van der Waals surface area (Å²) >= 11 is 0. The first kappa shape index (κ1) is 15.8. The molecule has 0 spiro atoms. The smallest absolute Gasteiger partial charge is 0.257 e. The van der Waals surface area contributed by atoms with E-state index in [0.29, 0.717) is 23.6 Å². The van der Waals surface area contributed by atoms with E-state index in [1.54, 1.807) is 18.2 Å². The summed E-state index contributed by atoms with van der Waals surface area (Å²) in [4.78, 5) is 26.8. The molecule has 124 valence electrons. The third kappa shape index (κ3) is 3.33. The standard InChI is InChI=1S/C18H24N2O3/c1-12(2)17(21)19-13-6-7-16-15(11-13)18(22)20-9-4-3-5-14(20)8-10-23-16/h6-7,11-12,14H,3-5,8-10H2,1-2H3,(H,19,21). The van der Waals surface area contributed by atoms with Crippen LogP contribution in [-0.2, 0) is 4.79 Å². The van der Waals surface area contributed by atoms with Gasteiger partial charge in [0.05, 0.1) is 12.2 Å². The number of nitrogens with one attached hydrogen (secondary N) is 1. The van der Waals surface area contributed by atoms with E-state index >= 15 is 0 Å². The summed E-state index contributed by atoms with van der Waals surface area (Å²) in [5, 5.41) is 2.85. The van der Waals surface area contributed by atoms with Crippen molar-refractivity contribution in [1.82, 2.24) is 4.90 Å². The Morgan fingerprint density at radius 2 is 2.13 bits per heavy atom. The summed E-state index contributed by atoms with van der Waals surface area (Å²) in [5.74, 6) is 0.474. The monoisotopic (exact) mass is 316 g/mol. The van der Waals surface area contributed by atoms with Crippen LogP contribution in [0.5, 0.6) is 5.75 Å². The van der Waals surface area contributed by atoms with Crippen LogP contribution < -0.4 is 10.1 Å². The number of ether oxygens (including phenoxy) is 1. The van der Waals surface area contributed by atoms with E-state index in [9.17, 15) is 9.59 Å². The molecule has 1 fully saturated rings. The molecule has 2 aliphatic rings. The fourth-order valence-corrected chi connectivity index (χ4v) is 3.22. The maximum atomic E-state index is 12.9. The lowest BCUT2D eigenvalue weighted by Gasteiger charge is -2.37. The number of amides is 2. The van der Waals surface area contributed by atoms with Gasteiger partial charge >= 0.3 is 0 Å². The van der Waals surface area contributed by atoms with E-state index in [1.807, 2.05) is 18.7 Å². The van der Waals surface area contributed by atoms with Crippen molar-refractivity contribution in [2.75, 3.05) is 18.5 Å². The van der Waals surface area contributed by atoms with Gasteiger partial charge in [0.1, 0.15) is 5.75 Å². The minimum atomic E-state index is -0.101. The van der Waals surface area contributed by atoms with Gasteiger partial charge in [0.15, 0.2) is 0 Å². The van der Waals surface area contributed by atoms with E-state index in [1.165, 1.54) is 6.42 Å². The van der Waals surface area contributed by atoms with Crippen molar-refractivity contribution in [3.63, 3.8) is 0 Å². The molecule has 23 heavy (non-hydrogen) atoms. The molecule has 1 atom stereocenters. The lowest BCUT2D eigenvalue weighted by Crippen LogP contribution is -2.45. The summed E-state index contributed by atoms with van der Waals surface area (Å²) in [7, 11) is 0. The zero-order chi connectivity index (χ0) is 16.4. The predicted octanol–water partition coefficient (Wildman–Crippen LogP) is 3.06. The lowest BCUT2D eigenvalue weighted by atomic mass is 9.97. The summed E-state index contributed by atoms with van der Waals surface area (Å²) in [5.41, 5.74) is 1.20. The number of benzene rings is 1. The van der Waals surface area contributed by atoms with Gasteiger partial charge in [0.2, 0.25) is 5.91 Å². The molecule has 1 N–H and O–H groups in total. The Balaban J connectivity index is 1.89. The second-order valence-electron chi connectivity index (χ2n) is 6.64. The van der Waals surface area contributed by atoms with E-state index in [4.69, 9.17) is 4.74 Å². The van der Waals surface area contributed by atoms with Crippen LogP contribution >= 0.6 is 0 Å². The van der Waals surface area contributed by atoms with Crippen molar-refractivity contribution in [1.29, 1.82) is 0 Å². The molecule has 0 bridgehead atoms. The number of carbonyl (C=O) groups is 2. The Morgan fingerprint density at radius 3 is 2.91 bits per heavy atom. The van der Waals surface area contributed by atoms with Crippen molar-refractivity contribution < 1.29 is 14.3 Å². The number of anilines is 1. The Morgan fingerprint density at radius 1 is 1.30 bits per heavy atom. The van der Waals surface area contributed by atoms with E-state index in [-0.39, 0.29) is 23.8 Å². The molecule has 0 saturated carbocycles. The fourth-order valence-electron chi connectivity index (χ4n) is 3.22. The molecule has 0 aromatic heterocycles. The van der Waals surface area contributed by atoms with Gasteiger partial charge in [0.25, 0.3) is 5.91 Å². The largest absolute Gasteiger partial charge is 0.493 e. The average Bonchev–Trinajstić information content (AvgIpc) is 2.54. The Bertz CT molecular complexity index is 612. The molecule has 1 saturated heterocycles. The molecule has 1 aromatic carbocycles. The van der Waals surface area contributed by atoms with Gasteiger partial charge in [-0.15, -0.1) is 0 Å². The van der Waals surface area contributed by atoms with Crippen LogP contribution in [0.25, 0.3) is 0 Å². The predicted molar refractivity (Wildman–Crippen MR) is 88.7 cm³/mol. The van der Waals surface area contributed by atoms with Crippen molar-refractivity contribution in [3.8, 4) is 5.75 Å². The summed E-state index contributed by atoms with van der Waals surface area (Å²) in [6.07, 6.45) is 4.17.